The molecule has 0 aliphatic carbocycles. The van der Waals surface area contributed by atoms with Crippen LogP contribution in [0.1, 0.15) is 25.3 Å². The van der Waals surface area contributed by atoms with E-state index in [1.165, 1.54) is 24.9 Å². The fourth-order valence-electron chi connectivity index (χ4n) is 2.70. The van der Waals surface area contributed by atoms with Crippen LogP contribution < -0.4 is 10.6 Å². The maximum absolute atomic E-state index is 4.74. The molecular formula is C17H24N6S. The second kappa shape index (κ2) is 8.73. The quantitative estimate of drug-likeness (QED) is 0.573. The summed E-state index contributed by atoms with van der Waals surface area (Å²) in [5, 5.41) is 13.7. The number of aliphatic imine (C=N–C) groups is 1. The van der Waals surface area contributed by atoms with Gasteiger partial charge in [-0.2, -0.15) is 16.9 Å². The summed E-state index contributed by atoms with van der Waals surface area (Å²) in [6.45, 7) is 3.60. The molecular weight excluding hydrogens is 320 g/mol. The zero-order valence-electron chi connectivity index (χ0n) is 14.0. The molecule has 2 aromatic rings. The minimum Gasteiger partial charge on any atom is -0.357 e. The minimum atomic E-state index is 0.516. The van der Waals surface area contributed by atoms with E-state index in [2.05, 4.69) is 44.9 Å². The number of hydrogen-bond donors (Lipinski definition) is 3. The summed E-state index contributed by atoms with van der Waals surface area (Å²) < 4.78 is 0. The van der Waals surface area contributed by atoms with Gasteiger partial charge in [0, 0.05) is 23.9 Å². The highest BCUT2D eigenvalue weighted by molar-refractivity contribution is 7.99. The van der Waals surface area contributed by atoms with E-state index < -0.39 is 0 Å². The molecule has 7 heteroatoms. The van der Waals surface area contributed by atoms with Crippen LogP contribution >= 0.6 is 11.8 Å². The molecule has 1 aromatic carbocycles. The van der Waals surface area contributed by atoms with Gasteiger partial charge in [-0.25, -0.2) is 9.98 Å². The molecule has 1 aliphatic heterocycles. The van der Waals surface area contributed by atoms with Crippen LogP contribution in [0.25, 0.3) is 11.4 Å². The lowest BCUT2D eigenvalue weighted by Crippen LogP contribution is -2.45. The minimum absolute atomic E-state index is 0.516. The monoisotopic (exact) mass is 344 g/mol. The number of benzene rings is 1. The molecule has 128 valence electrons. The predicted molar refractivity (Wildman–Crippen MR) is 100 cm³/mol. The highest BCUT2D eigenvalue weighted by Crippen LogP contribution is 2.17. The largest absolute Gasteiger partial charge is 0.357 e. The van der Waals surface area contributed by atoms with Gasteiger partial charge in [-0.15, -0.1) is 0 Å². The Morgan fingerprint density at radius 1 is 1.46 bits per heavy atom. The Kier molecular flexibility index (Phi) is 6.12. The van der Waals surface area contributed by atoms with E-state index in [9.17, 15) is 0 Å². The summed E-state index contributed by atoms with van der Waals surface area (Å²) in [5.74, 6) is 4.12. The molecule has 0 radical (unpaired) electrons. The van der Waals surface area contributed by atoms with Crippen molar-refractivity contribution in [2.75, 3.05) is 18.1 Å². The topological polar surface area (TPSA) is 78.0 Å². The summed E-state index contributed by atoms with van der Waals surface area (Å²) in [6.07, 6.45) is 4.02. The van der Waals surface area contributed by atoms with E-state index in [1.54, 1.807) is 0 Å². The summed E-state index contributed by atoms with van der Waals surface area (Å²) in [4.78, 5) is 8.94. The number of thioether (sulfide) groups is 1. The Morgan fingerprint density at radius 2 is 2.42 bits per heavy atom. The molecule has 0 bridgehead atoms. The lowest BCUT2D eigenvalue weighted by molar-refractivity contribution is 0.582. The first-order valence-corrected chi connectivity index (χ1v) is 9.58. The van der Waals surface area contributed by atoms with Gasteiger partial charge in [-0.05, 0) is 37.1 Å². The molecule has 1 aliphatic rings. The van der Waals surface area contributed by atoms with E-state index in [-0.39, 0.29) is 0 Å². The summed E-state index contributed by atoms with van der Waals surface area (Å²) in [6, 6.07) is 8.76. The molecule has 1 saturated heterocycles. The Bertz CT molecular complexity index is 649. The van der Waals surface area contributed by atoms with Gasteiger partial charge in [0.15, 0.2) is 11.8 Å². The zero-order chi connectivity index (χ0) is 16.6. The van der Waals surface area contributed by atoms with E-state index in [0.29, 0.717) is 12.6 Å². The maximum atomic E-state index is 4.74. The van der Waals surface area contributed by atoms with Crippen molar-refractivity contribution in [1.82, 2.24) is 25.8 Å². The molecule has 1 aromatic heterocycles. The molecule has 6 nitrogen and oxygen atoms in total. The molecule has 1 atom stereocenters. The first-order valence-electron chi connectivity index (χ1n) is 8.42. The van der Waals surface area contributed by atoms with Crippen LogP contribution in [0.4, 0.5) is 0 Å². The third-order valence-corrected chi connectivity index (χ3v) is 5.10. The van der Waals surface area contributed by atoms with Crippen molar-refractivity contribution in [3.05, 3.63) is 36.2 Å². The standard InChI is InChI=1S/C17H24N6S/c1-2-18-17(22-15-7-4-8-24-11-15)19-10-13-5-3-6-14(9-13)16-20-12-21-23-16/h3,5-6,9,12,15H,2,4,7-8,10-11H2,1H3,(H2,18,19,22)(H,20,21,23). The van der Waals surface area contributed by atoms with Gasteiger partial charge in [0.1, 0.15) is 6.33 Å². The second-order valence-corrected chi connectivity index (χ2v) is 6.94. The number of nitrogens with zero attached hydrogens (tertiary/aromatic N) is 3. The summed E-state index contributed by atoms with van der Waals surface area (Å²) >= 11 is 2.02. The van der Waals surface area contributed by atoms with Gasteiger partial charge in [0.25, 0.3) is 0 Å². The Morgan fingerprint density at radius 3 is 3.17 bits per heavy atom. The number of rotatable bonds is 5. The van der Waals surface area contributed by atoms with Crippen LogP contribution in [0.15, 0.2) is 35.6 Å². The molecule has 1 fully saturated rings. The fourth-order valence-corrected chi connectivity index (χ4v) is 3.77. The first kappa shape index (κ1) is 16.8. The van der Waals surface area contributed by atoms with Gasteiger partial charge in [0.05, 0.1) is 6.54 Å². The zero-order valence-corrected chi connectivity index (χ0v) is 14.8. The molecule has 24 heavy (non-hydrogen) atoms. The molecule has 0 amide bonds. The van der Waals surface area contributed by atoms with Gasteiger partial charge >= 0.3 is 0 Å². The van der Waals surface area contributed by atoms with Crippen molar-refractivity contribution in [3.8, 4) is 11.4 Å². The van der Waals surface area contributed by atoms with Crippen molar-refractivity contribution in [2.45, 2.75) is 32.4 Å². The van der Waals surface area contributed by atoms with Crippen LogP contribution in [0, 0.1) is 0 Å². The number of aromatic nitrogens is 3. The van der Waals surface area contributed by atoms with E-state index in [0.717, 1.165) is 35.2 Å². The van der Waals surface area contributed by atoms with E-state index in [4.69, 9.17) is 4.99 Å². The third-order valence-electron chi connectivity index (χ3n) is 3.88. The molecule has 3 N–H and O–H groups in total. The van der Waals surface area contributed by atoms with Crippen LogP contribution in [-0.4, -0.2) is 45.2 Å². The number of hydrogen-bond acceptors (Lipinski definition) is 4. The second-order valence-electron chi connectivity index (χ2n) is 5.79. The van der Waals surface area contributed by atoms with Gasteiger partial charge in [-0.3, -0.25) is 5.10 Å². The lowest BCUT2D eigenvalue weighted by Gasteiger charge is -2.24. The van der Waals surface area contributed by atoms with Crippen molar-refractivity contribution >= 4 is 17.7 Å². The predicted octanol–water partition coefficient (Wildman–Crippen LogP) is 2.42. The highest BCUT2D eigenvalue weighted by atomic mass is 32.2. The maximum Gasteiger partial charge on any atom is 0.191 e. The molecule has 2 heterocycles. The lowest BCUT2D eigenvalue weighted by atomic mass is 10.1. The Hall–Kier alpha value is -2.02. The van der Waals surface area contributed by atoms with Crippen LogP contribution in [-0.2, 0) is 6.54 Å². The summed E-state index contributed by atoms with van der Waals surface area (Å²) in [5.41, 5.74) is 2.18. The molecule has 3 rings (SSSR count). The smallest absolute Gasteiger partial charge is 0.191 e. The molecule has 1 unspecified atom stereocenters. The number of H-pyrrole nitrogens is 1. The van der Waals surface area contributed by atoms with Gasteiger partial charge in [0.2, 0.25) is 0 Å². The fraction of sp³-hybridized carbons (Fsp3) is 0.471. The van der Waals surface area contributed by atoms with Crippen LogP contribution in [0.2, 0.25) is 0 Å². The number of aromatic amines is 1. The average molecular weight is 344 g/mol. The Labute approximate surface area is 147 Å². The van der Waals surface area contributed by atoms with E-state index in [1.807, 2.05) is 23.9 Å². The van der Waals surface area contributed by atoms with Crippen molar-refractivity contribution in [2.24, 2.45) is 4.99 Å². The van der Waals surface area contributed by atoms with Crippen molar-refractivity contribution < 1.29 is 0 Å². The highest BCUT2D eigenvalue weighted by Gasteiger charge is 2.14. The Balaban J connectivity index is 1.66. The summed E-state index contributed by atoms with van der Waals surface area (Å²) in [7, 11) is 0. The molecule has 0 saturated carbocycles. The SMILES string of the molecule is CCNC(=NCc1cccc(-c2ncn[nH]2)c1)NC1CCCSC1. The first-order chi connectivity index (χ1) is 11.8. The number of nitrogens with one attached hydrogen (secondary N) is 3. The molecule has 0 spiro atoms. The third kappa shape index (κ3) is 4.74. The van der Waals surface area contributed by atoms with E-state index >= 15 is 0 Å². The van der Waals surface area contributed by atoms with Gasteiger partial charge < -0.3 is 10.6 Å². The van der Waals surface area contributed by atoms with Gasteiger partial charge in [-0.1, -0.05) is 18.2 Å². The van der Waals surface area contributed by atoms with Crippen LogP contribution in [0.3, 0.4) is 0 Å². The van der Waals surface area contributed by atoms with Crippen molar-refractivity contribution in [1.29, 1.82) is 0 Å². The average Bonchev–Trinajstić information content (AvgIpc) is 3.16. The number of guanidine groups is 1. The normalized spacial score (nSPS) is 18.4. The van der Waals surface area contributed by atoms with Crippen molar-refractivity contribution in [3.63, 3.8) is 0 Å². The van der Waals surface area contributed by atoms with Crippen LogP contribution in [0.5, 0.6) is 0 Å².